The van der Waals surface area contributed by atoms with Crippen molar-refractivity contribution in [1.82, 2.24) is 0 Å². The summed E-state index contributed by atoms with van der Waals surface area (Å²) in [6, 6.07) is 4.71. The molecule has 0 aliphatic carbocycles. The van der Waals surface area contributed by atoms with Gasteiger partial charge >= 0.3 is 0 Å². The van der Waals surface area contributed by atoms with Crippen LogP contribution in [0.1, 0.15) is 17.1 Å². The van der Waals surface area contributed by atoms with Crippen LogP contribution in [0.2, 0.25) is 5.02 Å². The van der Waals surface area contributed by atoms with Crippen molar-refractivity contribution >= 4 is 43.2 Å². The number of anilines is 1. The zero-order valence-electron chi connectivity index (χ0n) is 11.3. The van der Waals surface area contributed by atoms with Crippen molar-refractivity contribution in [1.29, 1.82) is 0 Å². The third kappa shape index (κ3) is 3.26. The predicted molar refractivity (Wildman–Crippen MR) is 84.1 cm³/mol. The third-order valence-corrected chi connectivity index (χ3v) is 5.73. The molecule has 0 aliphatic heterocycles. The van der Waals surface area contributed by atoms with Crippen LogP contribution in [0, 0.1) is 13.8 Å². The van der Waals surface area contributed by atoms with Gasteiger partial charge in [-0.25, -0.2) is 8.42 Å². The molecule has 1 aromatic heterocycles. The number of nitrogens with one attached hydrogen (secondary N) is 1. The molecule has 0 fully saturated rings. The molecule has 0 atom stereocenters. The first kappa shape index (κ1) is 16.4. The van der Waals surface area contributed by atoms with Gasteiger partial charge in [-0.2, -0.15) is 0 Å². The highest BCUT2D eigenvalue weighted by atomic mass is 79.9. The molecule has 8 heteroatoms. The highest BCUT2D eigenvalue weighted by molar-refractivity contribution is 9.10. The Morgan fingerprint density at radius 1 is 1.33 bits per heavy atom. The molecule has 1 heterocycles. The molecule has 0 amide bonds. The van der Waals surface area contributed by atoms with Gasteiger partial charge in [0.05, 0.1) is 17.3 Å². The summed E-state index contributed by atoms with van der Waals surface area (Å²) in [5, 5.41) is 9.73. The summed E-state index contributed by atoms with van der Waals surface area (Å²) < 4.78 is 33.3. The first-order chi connectivity index (χ1) is 9.76. The summed E-state index contributed by atoms with van der Waals surface area (Å²) >= 11 is 9.18. The number of halogens is 2. The van der Waals surface area contributed by atoms with E-state index in [1.54, 1.807) is 19.1 Å². The molecule has 21 heavy (non-hydrogen) atoms. The van der Waals surface area contributed by atoms with E-state index in [0.717, 1.165) is 0 Å². The maximum Gasteiger partial charge on any atom is 0.265 e. The number of aryl methyl sites for hydroxylation is 2. The van der Waals surface area contributed by atoms with E-state index in [9.17, 15) is 13.5 Å². The van der Waals surface area contributed by atoms with Crippen molar-refractivity contribution in [3.8, 4) is 0 Å². The zero-order chi connectivity index (χ0) is 15.8. The first-order valence-electron chi connectivity index (χ1n) is 5.94. The molecular weight excluding hydrogens is 382 g/mol. The molecule has 0 bridgehead atoms. The van der Waals surface area contributed by atoms with E-state index < -0.39 is 16.6 Å². The molecule has 0 saturated carbocycles. The molecule has 0 saturated heterocycles. The van der Waals surface area contributed by atoms with Crippen LogP contribution in [-0.2, 0) is 16.6 Å². The molecule has 2 aromatic rings. The fraction of sp³-hybridized carbons (Fsp3) is 0.231. The van der Waals surface area contributed by atoms with E-state index in [1.165, 1.54) is 13.0 Å². The number of sulfonamides is 1. The molecule has 2 rings (SSSR count). The van der Waals surface area contributed by atoms with Gasteiger partial charge in [0, 0.05) is 10.0 Å². The average Bonchev–Trinajstić information content (AvgIpc) is 2.68. The van der Waals surface area contributed by atoms with E-state index in [4.69, 9.17) is 16.0 Å². The second kappa shape index (κ2) is 6.00. The van der Waals surface area contributed by atoms with Crippen molar-refractivity contribution in [2.45, 2.75) is 25.3 Å². The van der Waals surface area contributed by atoms with Crippen LogP contribution in [0.5, 0.6) is 0 Å². The maximum absolute atomic E-state index is 12.5. The number of benzene rings is 1. The number of hydrogen-bond acceptors (Lipinski definition) is 4. The molecule has 0 unspecified atom stereocenters. The van der Waals surface area contributed by atoms with Crippen LogP contribution < -0.4 is 4.72 Å². The fourth-order valence-corrected chi connectivity index (χ4v) is 3.93. The van der Waals surface area contributed by atoms with E-state index in [2.05, 4.69) is 20.7 Å². The van der Waals surface area contributed by atoms with Gasteiger partial charge in [-0.05, 0) is 48.0 Å². The van der Waals surface area contributed by atoms with Crippen molar-refractivity contribution in [2.75, 3.05) is 4.72 Å². The summed E-state index contributed by atoms with van der Waals surface area (Å²) in [5.74, 6) is 0.608. The van der Waals surface area contributed by atoms with Gasteiger partial charge in [-0.3, -0.25) is 4.72 Å². The fourth-order valence-electron chi connectivity index (χ4n) is 2.01. The number of rotatable bonds is 4. The van der Waals surface area contributed by atoms with Crippen molar-refractivity contribution in [3.05, 3.63) is 44.8 Å². The van der Waals surface area contributed by atoms with Crippen LogP contribution >= 0.6 is 27.5 Å². The topological polar surface area (TPSA) is 79.5 Å². The molecule has 2 N–H and O–H groups in total. The molecule has 0 aliphatic rings. The second-order valence-electron chi connectivity index (χ2n) is 4.41. The van der Waals surface area contributed by atoms with Gasteiger partial charge in [-0.1, -0.05) is 11.6 Å². The summed E-state index contributed by atoms with van der Waals surface area (Å²) in [7, 11) is -3.87. The number of aliphatic hydroxyl groups is 1. The second-order valence-corrected chi connectivity index (χ2v) is 7.30. The monoisotopic (exact) mass is 393 g/mol. The largest absolute Gasteiger partial charge is 0.465 e. The highest BCUT2D eigenvalue weighted by Crippen LogP contribution is 2.30. The Morgan fingerprint density at radius 3 is 2.57 bits per heavy atom. The van der Waals surface area contributed by atoms with Crippen LogP contribution in [0.3, 0.4) is 0 Å². The molecule has 114 valence electrons. The van der Waals surface area contributed by atoms with Crippen molar-refractivity contribution in [3.63, 3.8) is 0 Å². The van der Waals surface area contributed by atoms with Gasteiger partial charge in [-0.15, -0.1) is 0 Å². The quantitative estimate of drug-likeness (QED) is 0.830. The SMILES string of the molecule is Cc1oc(C)c(S(=O)(=O)Nc2ccc(Br)c(Cl)c2)c1CO. The standard InChI is InChI=1S/C13H13BrClNO4S/c1-7-10(6-17)13(8(2)20-7)21(18,19)16-9-3-4-11(14)12(15)5-9/h3-5,16-17H,6H2,1-2H3. The maximum atomic E-state index is 12.5. The van der Waals surface area contributed by atoms with Crippen molar-refractivity contribution < 1.29 is 17.9 Å². The Hall–Kier alpha value is -1.02. The summed E-state index contributed by atoms with van der Waals surface area (Å²) in [4.78, 5) is -0.0402. The minimum Gasteiger partial charge on any atom is -0.465 e. The minimum absolute atomic E-state index is 0.0402. The Bertz CT molecular complexity index is 786. The summed E-state index contributed by atoms with van der Waals surface area (Å²) in [5.41, 5.74) is 0.577. The Kier molecular flexibility index (Phi) is 4.67. The zero-order valence-corrected chi connectivity index (χ0v) is 14.4. The lowest BCUT2D eigenvalue weighted by molar-refractivity contribution is 0.276. The smallest absolute Gasteiger partial charge is 0.265 e. The van der Waals surface area contributed by atoms with E-state index in [0.29, 0.717) is 20.9 Å². The first-order valence-corrected chi connectivity index (χ1v) is 8.59. The molecule has 0 spiro atoms. The van der Waals surface area contributed by atoms with Crippen molar-refractivity contribution in [2.24, 2.45) is 0 Å². The van der Waals surface area contributed by atoms with Gasteiger partial charge in [0.25, 0.3) is 10.0 Å². The number of furan rings is 1. The highest BCUT2D eigenvalue weighted by Gasteiger charge is 2.26. The average molecular weight is 395 g/mol. The van der Waals surface area contributed by atoms with Crippen LogP contribution in [-0.4, -0.2) is 13.5 Å². The lowest BCUT2D eigenvalue weighted by Crippen LogP contribution is -2.15. The Morgan fingerprint density at radius 2 is 2.00 bits per heavy atom. The van der Waals surface area contributed by atoms with Crippen LogP contribution in [0.25, 0.3) is 0 Å². The van der Waals surface area contributed by atoms with Gasteiger partial charge in [0.15, 0.2) is 0 Å². The predicted octanol–water partition coefficient (Wildman–Crippen LogP) is 3.61. The number of hydrogen-bond donors (Lipinski definition) is 2. The Labute approximate surface area is 136 Å². The summed E-state index contributed by atoms with van der Waals surface area (Å²) in [6.45, 7) is 2.73. The minimum atomic E-state index is -3.87. The van der Waals surface area contributed by atoms with E-state index >= 15 is 0 Å². The molecule has 5 nitrogen and oxygen atoms in total. The molecular formula is C13H13BrClNO4S. The summed E-state index contributed by atoms with van der Waals surface area (Å²) in [6.07, 6.45) is 0. The number of aliphatic hydroxyl groups excluding tert-OH is 1. The van der Waals surface area contributed by atoms with Crippen LogP contribution in [0.15, 0.2) is 32.0 Å². The lowest BCUT2D eigenvalue weighted by Gasteiger charge is -2.09. The third-order valence-electron chi connectivity index (χ3n) is 2.92. The Balaban J connectivity index is 2.45. The van der Waals surface area contributed by atoms with Gasteiger partial charge < -0.3 is 9.52 Å². The lowest BCUT2D eigenvalue weighted by atomic mass is 10.2. The van der Waals surface area contributed by atoms with Gasteiger partial charge in [0.2, 0.25) is 0 Å². The van der Waals surface area contributed by atoms with E-state index in [-0.39, 0.29) is 16.2 Å². The normalized spacial score (nSPS) is 11.7. The van der Waals surface area contributed by atoms with E-state index in [1.807, 2.05) is 0 Å². The van der Waals surface area contributed by atoms with Gasteiger partial charge in [0.1, 0.15) is 16.4 Å². The molecule has 1 aromatic carbocycles. The molecule has 0 radical (unpaired) electrons. The van der Waals surface area contributed by atoms with Crippen LogP contribution in [0.4, 0.5) is 5.69 Å².